The number of hydrogen-bond donors (Lipinski definition) is 3. The molecule has 4 aromatic rings. The van der Waals surface area contributed by atoms with Crippen molar-refractivity contribution >= 4 is 51.5 Å². The molecule has 192 valence electrons. The molecule has 1 aliphatic rings. The van der Waals surface area contributed by atoms with Crippen LogP contribution in [-0.4, -0.2) is 39.3 Å². The summed E-state index contributed by atoms with van der Waals surface area (Å²) in [4.78, 5) is 13.7. The molecular formula is C27H26Cl2FN5O2. The van der Waals surface area contributed by atoms with E-state index in [9.17, 15) is 14.3 Å². The summed E-state index contributed by atoms with van der Waals surface area (Å²) in [6, 6.07) is 16.6. The van der Waals surface area contributed by atoms with E-state index in [0.29, 0.717) is 52.0 Å². The summed E-state index contributed by atoms with van der Waals surface area (Å²) in [5.41, 5.74) is 3.53. The van der Waals surface area contributed by atoms with Gasteiger partial charge in [-0.25, -0.2) is 4.39 Å². The van der Waals surface area contributed by atoms with Gasteiger partial charge in [0.1, 0.15) is 5.82 Å². The number of carbonyl (C=O) groups is 1. The average molecular weight is 542 g/mol. The Hall–Kier alpha value is -3.33. The number of halogens is 3. The summed E-state index contributed by atoms with van der Waals surface area (Å²) in [6.45, 7) is 2.55. The van der Waals surface area contributed by atoms with Crippen molar-refractivity contribution in [3.63, 3.8) is 0 Å². The molecule has 7 nitrogen and oxygen atoms in total. The second-order valence-corrected chi connectivity index (χ2v) is 10.1. The van der Waals surface area contributed by atoms with Crippen LogP contribution in [0.1, 0.15) is 24.9 Å². The van der Waals surface area contributed by atoms with Crippen molar-refractivity contribution in [1.29, 1.82) is 5.41 Å². The Morgan fingerprint density at radius 2 is 1.92 bits per heavy atom. The molecule has 37 heavy (non-hydrogen) atoms. The number of β-amino-alcohol motifs (C(OH)–C–C–N with tert-alkyl or cyclic N) is 1. The van der Waals surface area contributed by atoms with Crippen molar-refractivity contribution in [2.24, 2.45) is 0 Å². The third kappa shape index (κ3) is 4.97. The van der Waals surface area contributed by atoms with Gasteiger partial charge in [0.05, 0.1) is 41.1 Å². The van der Waals surface area contributed by atoms with Gasteiger partial charge in [0.2, 0.25) is 11.5 Å². The van der Waals surface area contributed by atoms with Crippen molar-refractivity contribution in [3.05, 3.63) is 87.7 Å². The van der Waals surface area contributed by atoms with Crippen molar-refractivity contribution in [2.45, 2.75) is 32.0 Å². The number of fused-ring (bicyclic) bond motifs is 1. The number of aromatic nitrogens is 2. The predicted octanol–water partition coefficient (Wildman–Crippen LogP) is 5.19. The second kappa shape index (κ2) is 10.2. The van der Waals surface area contributed by atoms with Gasteiger partial charge < -0.3 is 24.5 Å². The van der Waals surface area contributed by atoms with E-state index >= 15 is 0 Å². The molecule has 0 bridgehead atoms. The summed E-state index contributed by atoms with van der Waals surface area (Å²) in [7, 11) is 0. The van der Waals surface area contributed by atoms with Crippen LogP contribution in [-0.2, 0) is 11.3 Å². The summed E-state index contributed by atoms with van der Waals surface area (Å²) in [5, 5.41) is 24.2. The molecule has 0 saturated carbocycles. The smallest absolute Gasteiger partial charge is 0.221 e. The van der Waals surface area contributed by atoms with Crippen molar-refractivity contribution < 1.29 is 14.3 Å². The number of nitrogens with one attached hydrogen (secondary N) is 2. The number of benzene rings is 3. The normalized spacial score (nSPS) is 17.8. The average Bonchev–Trinajstić information content (AvgIpc) is 3.11. The highest BCUT2D eigenvalue weighted by Gasteiger charge is 2.32. The van der Waals surface area contributed by atoms with Crippen LogP contribution in [0.25, 0.3) is 11.0 Å². The number of aliphatic hydroxyl groups excluding tert-OH is 1. The largest absolute Gasteiger partial charge is 0.389 e. The molecule has 0 radical (unpaired) electrons. The van der Waals surface area contributed by atoms with Gasteiger partial charge in [-0.3, -0.25) is 10.2 Å². The molecule has 3 aromatic carbocycles. The molecule has 1 aromatic heterocycles. The van der Waals surface area contributed by atoms with Crippen LogP contribution >= 0.6 is 23.2 Å². The van der Waals surface area contributed by atoms with Crippen LogP contribution < -0.4 is 15.8 Å². The van der Waals surface area contributed by atoms with Gasteiger partial charge in [-0.05, 0) is 54.4 Å². The molecule has 1 fully saturated rings. The summed E-state index contributed by atoms with van der Waals surface area (Å²) >= 11 is 12.6. The van der Waals surface area contributed by atoms with Crippen LogP contribution in [0.5, 0.6) is 0 Å². The lowest BCUT2D eigenvalue weighted by molar-refractivity contribution is -0.114. The Bertz CT molecular complexity index is 1550. The number of carbonyl (C=O) groups excluding carboxylic acids is 1. The first-order valence-corrected chi connectivity index (χ1v) is 12.7. The van der Waals surface area contributed by atoms with Gasteiger partial charge >= 0.3 is 0 Å². The van der Waals surface area contributed by atoms with E-state index in [1.807, 2.05) is 23.1 Å². The monoisotopic (exact) mass is 541 g/mol. The Morgan fingerprint density at radius 1 is 1.14 bits per heavy atom. The van der Waals surface area contributed by atoms with Crippen LogP contribution in [0.2, 0.25) is 10.0 Å². The Balaban J connectivity index is 1.51. The highest BCUT2D eigenvalue weighted by Crippen LogP contribution is 2.35. The molecule has 2 heterocycles. The zero-order valence-electron chi connectivity index (χ0n) is 20.1. The molecule has 5 rings (SSSR count). The van der Waals surface area contributed by atoms with E-state index in [2.05, 4.69) is 5.32 Å². The van der Waals surface area contributed by atoms with E-state index in [1.165, 1.54) is 19.1 Å². The van der Waals surface area contributed by atoms with Crippen molar-refractivity contribution in [2.75, 3.05) is 23.3 Å². The number of amides is 1. The van der Waals surface area contributed by atoms with Gasteiger partial charge in [0.25, 0.3) is 0 Å². The fourth-order valence-corrected chi connectivity index (χ4v) is 5.43. The van der Waals surface area contributed by atoms with Crippen molar-refractivity contribution in [1.82, 2.24) is 9.13 Å². The van der Waals surface area contributed by atoms with Gasteiger partial charge in [0.15, 0.2) is 0 Å². The molecule has 1 saturated heterocycles. The van der Waals surface area contributed by atoms with Crippen molar-refractivity contribution in [3.8, 4) is 0 Å². The topological polar surface area (TPSA) is 86.3 Å². The molecule has 0 spiro atoms. The third-order valence-corrected chi connectivity index (χ3v) is 7.35. The molecule has 1 amide bonds. The minimum absolute atomic E-state index is 0.153. The lowest BCUT2D eigenvalue weighted by Crippen LogP contribution is -2.47. The van der Waals surface area contributed by atoms with E-state index < -0.39 is 18.0 Å². The van der Waals surface area contributed by atoms with Crippen LogP contribution in [0.4, 0.5) is 15.8 Å². The number of aliphatic hydroxyl groups is 1. The van der Waals surface area contributed by atoms with E-state index in [1.54, 1.807) is 39.5 Å². The van der Waals surface area contributed by atoms with Crippen LogP contribution in [0.3, 0.4) is 0 Å². The molecule has 1 aliphatic heterocycles. The van der Waals surface area contributed by atoms with E-state index in [0.717, 1.165) is 5.56 Å². The molecule has 3 N–H and O–H groups in total. The quantitative estimate of drug-likeness (QED) is 0.325. The van der Waals surface area contributed by atoms with Gasteiger partial charge in [0, 0.05) is 30.1 Å². The minimum atomic E-state index is -0.866. The zero-order chi connectivity index (χ0) is 26.3. The van der Waals surface area contributed by atoms with Crippen LogP contribution in [0.15, 0.2) is 60.7 Å². The second-order valence-electron chi connectivity index (χ2n) is 9.22. The summed E-state index contributed by atoms with van der Waals surface area (Å²) in [5.74, 6) is -0.622. The third-order valence-electron chi connectivity index (χ3n) is 6.75. The zero-order valence-corrected chi connectivity index (χ0v) is 21.6. The highest BCUT2D eigenvalue weighted by molar-refractivity contribution is 6.31. The maximum Gasteiger partial charge on any atom is 0.221 e. The molecular weight excluding hydrogens is 516 g/mol. The molecule has 2 atom stereocenters. The number of hydrogen-bond acceptors (Lipinski definition) is 4. The predicted molar refractivity (Wildman–Crippen MR) is 144 cm³/mol. The van der Waals surface area contributed by atoms with Gasteiger partial charge in [-0.2, -0.15) is 0 Å². The van der Waals surface area contributed by atoms with Crippen LogP contribution in [0, 0.1) is 11.2 Å². The lowest BCUT2D eigenvalue weighted by atomic mass is 10.00. The maximum atomic E-state index is 14.4. The molecule has 0 aliphatic carbocycles. The first-order chi connectivity index (χ1) is 17.7. The SMILES string of the molecule is CC(=O)Nc1ccc(Cl)cc1N1CC[C@@H](n2c(=N)n(Cc3ccccc3Cl)c3ccc(F)cc32)[C@H](O)C1. The minimum Gasteiger partial charge on any atom is -0.389 e. The fraction of sp³-hybridized carbons (Fsp3) is 0.259. The Labute approximate surface area is 223 Å². The maximum absolute atomic E-state index is 14.4. The summed E-state index contributed by atoms with van der Waals surface area (Å²) < 4.78 is 17.9. The van der Waals surface area contributed by atoms with E-state index in [4.69, 9.17) is 28.6 Å². The highest BCUT2D eigenvalue weighted by atomic mass is 35.5. The number of nitrogens with zero attached hydrogens (tertiary/aromatic N) is 3. The first kappa shape index (κ1) is 25.3. The number of imidazole rings is 1. The lowest BCUT2D eigenvalue weighted by Gasteiger charge is -2.38. The van der Waals surface area contributed by atoms with Gasteiger partial charge in [-0.1, -0.05) is 41.4 Å². The fourth-order valence-electron chi connectivity index (χ4n) is 5.07. The number of anilines is 2. The standard InChI is InChI=1S/C27H26Cl2FN5O2/c1-16(36)32-21-8-6-18(28)12-24(21)33-11-10-23(26(37)15-33)35-25-13-19(30)7-9-22(25)34(27(35)31)14-17-4-2-3-5-20(17)29/h2-9,12-13,23,26,31,37H,10-11,14-15H2,1H3,(H,32,36)/t23-,26-/m1/s1. The Kier molecular flexibility index (Phi) is 6.98. The molecule has 10 heteroatoms. The number of rotatable bonds is 5. The molecule has 0 unspecified atom stereocenters. The number of piperidine rings is 1. The first-order valence-electron chi connectivity index (χ1n) is 11.9. The summed E-state index contributed by atoms with van der Waals surface area (Å²) in [6.07, 6.45) is -0.375. The van der Waals surface area contributed by atoms with Gasteiger partial charge in [-0.15, -0.1) is 0 Å². The Morgan fingerprint density at radius 3 is 2.65 bits per heavy atom. The van der Waals surface area contributed by atoms with E-state index in [-0.39, 0.29) is 18.1 Å².